The van der Waals surface area contributed by atoms with Crippen LogP contribution in [0.3, 0.4) is 0 Å². The van der Waals surface area contributed by atoms with Gasteiger partial charge in [0.05, 0.1) is 12.2 Å². The molecule has 0 aliphatic heterocycles. The van der Waals surface area contributed by atoms with Crippen LogP contribution in [0.15, 0.2) is 42.5 Å². The molecule has 0 fully saturated rings. The lowest BCUT2D eigenvalue weighted by Crippen LogP contribution is -2.29. The van der Waals surface area contributed by atoms with E-state index in [0.29, 0.717) is 24.4 Å². The number of hydrogen-bond donors (Lipinski definition) is 3. The van der Waals surface area contributed by atoms with Gasteiger partial charge in [0.25, 0.3) is 5.91 Å². The summed E-state index contributed by atoms with van der Waals surface area (Å²) in [6.07, 6.45) is 0.894. The highest BCUT2D eigenvalue weighted by Crippen LogP contribution is 2.23. The van der Waals surface area contributed by atoms with Gasteiger partial charge < -0.3 is 25.6 Å². The second-order valence-electron chi connectivity index (χ2n) is 6.51. The maximum Gasteiger partial charge on any atom is 0.323 e. The second kappa shape index (κ2) is 10.3. The van der Waals surface area contributed by atoms with E-state index in [4.69, 9.17) is 4.74 Å². The zero-order chi connectivity index (χ0) is 20.5. The van der Waals surface area contributed by atoms with Crippen molar-refractivity contribution in [3.8, 4) is 0 Å². The van der Waals surface area contributed by atoms with Gasteiger partial charge in [-0.05, 0) is 42.3 Å². The molecular formula is C21H28N4O3. The van der Waals surface area contributed by atoms with Crippen molar-refractivity contribution in [1.82, 2.24) is 5.32 Å². The predicted molar refractivity (Wildman–Crippen MR) is 113 cm³/mol. The number of nitrogens with one attached hydrogen (secondary N) is 3. The van der Waals surface area contributed by atoms with Crippen LogP contribution in [0.4, 0.5) is 21.9 Å². The molecule has 0 unspecified atom stereocenters. The number of anilines is 3. The quantitative estimate of drug-likeness (QED) is 0.610. The van der Waals surface area contributed by atoms with E-state index in [1.54, 1.807) is 25.3 Å². The molecule has 0 saturated carbocycles. The largest absolute Gasteiger partial charge is 0.383 e. The zero-order valence-corrected chi connectivity index (χ0v) is 16.8. The highest BCUT2D eigenvalue weighted by Gasteiger charge is 2.14. The standard InChI is InChI=1S/C21H28N4O3/c1-5-15-7-6-8-16(13-15)23-21(27)24-17-9-10-19(25(2)3)18(14-17)20(26)22-11-12-28-4/h6-10,13-14H,5,11-12H2,1-4H3,(H,22,26)(H2,23,24,27). The van der Waals surface area contributed by atoms with Gasteiger partial charge in [-0.3, -0.25) is 4.79 Å². The monoisotopic (exact) mass is 384 g/mol. The fraction of sp³-hybridized carbons (Fsp3) is 0.333. The van der Waals surface area contributed by atoms with Gasteiger partial charge in [-0.2, -0.15) is 0 Å². The topological polar surface area (TPSA) is 82.7 Å². The van der Waals surface area contributed by atoms with Crippen LogP contribution >= 0.6 is 0 Å². The van der Waals surface area contributed by atoms with Gasteiger partial charge in [0.1, 0.15) is 0 Å². The number of methoxy groups -OCH3 is 1. The Bertz CT molecular complexity index is 821. The fourth-order valence-electron chi connectivity index (χ4n) is 2.71. The van der Waals surface area contributed by atoms with Gasteiger partial charge in [0.2, 0.25) is 0 Å². The van der Waals surface area contributed by atoms with Crippen molar-refractivity contribution in [2.24, 2.45) is 0 Å². The minimum atomic E-state index is -0.364. The second-order valence-corrected chi connectivity index (χ2v) is 6.51. The number of urea groups is 1. The Morgan fingerprint density at radius 2 is 1.75 bits per heavy atom. The van der Waals surface area contributed by atoms with Crippen LogP contribution in [0.1, 0.15) is 22.8 Å². The van der Waals surface area contributed by atoms with Crippen LogP contribution in [-0.4, -0.2) is 46.3 Å². The molecule has 0 spiro atoms. The minimum Gasteiger partial charge on any atom is -0.383 e. The maximum atomic E-state index is 12.5. The molecule has 2 rings (SSSR count). The van der Waals surface area contributed by atoms with Crippen molar-refractivity contribution >= 4 is 29.0 Å². The molecule has 28 heavy (non-hydrogen) atoms. The SMILES string of the molecule is CCc1cccc(NC(=O)Nc2ccc(N(C)C)c(C(=O)NCCOC)c2)c1. The van der Waals surface area contributed by atoms with Crippen LogP contribution in [-0.2, 0) is 11.2 Å². The Hall–Kier alpha value is -3.06. The summed E-state index contributed by atoms with van der Waals surface area (Å²) in [5.74, 6) is -0.222. The molecule has 0 atom stereocenters. The Labute approximate surface area is 166 Å². The normalized spacial score (nSPS) is 10.3. The molecule has 0 aromatic heterocycles. The van der Waals surface area contributed by atoms with Gasteiger partial charge in [-0.15, -0.1) is 0 Å². The third-order valence-electron chi connectivity index (χ3n) is 4.17. The van der Waals surface area contributed by atoms with E-state index >= 15 is 0 Å². The third-order valence-corrected chi connectivity index (χ3v) is 4.17. The third kappa shape index (κ3) is 5.99. The summed E-state index contributed by atoms with van der Waals surface area (Å²) in [6.45, 7) is 2.90. The molecular weight excluding hydrogens is 356 g/mol. The van der Waals surface area contributed by atoms with Gasteiger partial charge in [0.15, 0.2) is 0 Å². The molecule has 0 bridgehead atoms. The molecule has 3 N–H and O–H groups in total. The fourth-order valence-corrected chi connectivity index (χ4v) is 2.71. The van der Waals surface area contributed by atoms with Crippen molar-refractivity contribution in [2.45, 2.75) is 13.3 Å². The Morgan fingerprint density at radius 3 is 2.39 bits per heavy atom. The lowest BCUT2D eigenvalue weighted by molar-refractivity contribution is 0.0937. The molecule has 0 aliphatic carbocycles. The number of amides is 3. The zero-order valence-electron chi connectivity index (χ0n) is 16.8. The first-order valence-electron chi connectivity index (χ1n) is 9.20. The number of benzene rings is 2. The van der Waals surface area contributed by atoms with E-state index in [1.165, 1.54) is 0 Å². The summed E-state index contributed by atoms with van der Waals surface area (Å²) in [7, 11) is 5.31. The molecule has 0 heterocycles. The lowest BCUT2D eigenvalue weighted by Gasteiger charge is -2.18. The Kier molecular flexibility index (Phi) is 7.83. The van der Waals surface area contributed by atoms with E-state index in [2.05, 4.69) is 22.9 Å². The molecule has 0 aliphatic rings. The highest BCUT2D eigenvalue weighted by atomic mass is 16.5. The summed E-state index contributed by atoms with van der Waals surface area (Å²) < 4.78 is 4.96. The summed E-state index contributed by atoms with van der Waals surface area (Å²) in [6, 6.07) is 12.6. The van der Waals surface area contributed by atoms with E-state index in [9.17, 15) is 9.59 Å². The predicted octanol–water partition coefficient (Wildman–Crippen LogP) is 3.34. The van der Waals surface area contributed by atoms with Crippen LogP contribution in [0.5, 0.6) is 0 Å². The molecule has 2 aromatic carbocycles. The number of aryl methyl sites for hydroxylation is 1. The molecule has 3 amide bonds. The maximum absolute atomic E-state index is 12.5. The molecule has 0 radical (unpaired) electrons. The summed E-state index contributed by atoms with van der Waals surface area (Å²) in [5, 5.41) is 8.41. The van der Waals surface area contributed by atoms with Gasteiger partial charge in [0, 0.05) is 44.8 Å². The van der Waals surface area contributed by atoms with Crippen molar-refractivity contribution < 1.29 is 14.3 Å². The van der Waals surface area contributed by atoms with Gasteiger partial charge in [-0.1, -0.05) is 19.1 Å². The first-order chi connectivity index (χ1) is 13.4. The van der Waals surface area contributed by atoms with Crippen molar-refractivity contribution in [2.75, 3.05) is 49.9 Å². The molecule has 7 nitrogen and oxygen atoms in total. The first-order valence-corrected chi connectivity index (χ1v) is 9.20. The number of hydrogen-bond acceptors (Lipinski definition) is 4. The average Bonchev–Trinajstić information content (AvgIpc) is 2.67. The van der Waals surface area contributed by atoms with Crippen LogP contribution in [0.25, 0.3) is 0 Å². The molecule has 2 aromatic rings. The number of carbonyl (C=O) groups is 2. The van der Waals surface area contributed by atoms with Gasteiger partial charge >= 0.3 is 6.03 Å². The lowest BCUT2D eigenvalue weighted by atomic mass is 10.1. The van der Waals surface area contributed by atoms with Crippen LogP contribution in [0, 0.1) is 0 Å². The van der Waals surface area contributed by atoms with E-state index in [-0.39, 0.29) is 11.9 Å². The summed E-state index contributed by atoms with van der Waals surface area (Å²) >= 11 is 0. The Balaban J connectivity index is 2.13. The average molecular weight is 384 g/mol. The van der Waals surface area contributed by atoms with Crippen molar-refractivity contribution in [3.63, 3.8) is 0 Å². The number of nitrogens with zero attached hydrogens (tertiary/aromatic N) is 1. The van der Waals surface area contributed by atoms with Crippen molar-refractivity contribution in [3.05, 3.63) is 53.6 Å². The van der Waals surface area contributed by atoms with Crippen LogP contribution in [0.2, 0.25) is 0 Å². The number of ether oxygens (including phenoxy) is 1. The molecule has 7 heteroatoms. The van der Waals surface area contributed by atoms with Gasteiger partial charge in [-0.25, -0.2) is 4.79 Å². The minimum absolute atomic E-state index is 0.222. The van der Waals surface area contributed by atoms with E-state index in [1.807, 2.05) is 43.3 Å². The summed E-state index contributed by atoms with van der Waals surface area (Å²) in [4.78, 5) is 26.7. The van der Waals surface area contributed by atoms with E-state index < -0.39 is 0 Å². The Morgan fingerprint density at radius 1 is 1.04 bits per heavy atom. The van der Waals surface area contributed by atoms with Crippen LogP contribution < -0.4 is 20.9 Å². The first kappa shape index (κ1) is 21.2. The van der Waals surface area contributed by atoms with Crippen molar-refractivity contribution in [1.29, 1.82) is 0 Å². The smallest absolute Gasteiger partial charge is 0.323 e. The van der Waals surface area contributed by atoms with E-state index in [0.717, 1.165) is 23.4 Å². The molecule has 0 saturated heterocycles. The highest BCUT2D eigenvalue weighted by molar-refractivity contribution is 6.04. The number of carbonyl (C=O) groups excluding carboxylic acids is 2. The summed E-state index contributed by atoms with van der Waals surface area (Å²) in [5.41, 5.74) is 3.64. The molecule has 150 valence electrons. The number of rotatable bonds is 8.